The molecular weight excluding hydrogens is 567 g/mol. The lowest BCUT2D eigenvalue weighted by Gasteiger charge is -2.21. The standard InChI is InChI=1S/C24H29ClF3N3O7S/c1-35-9-10-36-19-8-7-17(21(12-19)38-22-20(25)11-18(14-29-22)24(26,27)28)15-37-23(32)31-39(33,34)30-13-16-5-3-2-4-6-16/h7-8,11-12,14,16,30H,2-6,9-10,13,15H2,1H3,(H,31,32). The molecule has 10 nitrogen and oxygen atoms in total. The molecule has 0 spiro atoms. The van der Waals surface area contributed by atoms with Gasteiger partial charge in [0, 0.05) is 31.5 Å². The molecule has 1 aromatic heterocycles. The average Bonchev–Trinajstić information content (AvgIpc) is 2.88. The van der Waals surface area contributed by atoms with Gasteiger partial charge in [-0.25, -0.2) is 14.5 Å². The van der Waals surface area contributed by atoms with Crippen LogP contribution in [0.4, 0.5) is 18.0 Å². The molecule has 1 aliphatic carbocycles. The molecule has 3 rings (SSSR count). The van der Waals surface area contributed by atoms with Crippen LogP contribution < -0.4 is 18.9 Å². The number of aromatic nitrogens is 1. The van der Waals surface area contributed by atoms with Crippen molar-refractivity contribution in [1.82, 2.24) is 14.4 Å². The zero-order valence-electron chi connectivity index (χ0n) is 21.1. The van der Waals surface area contributed by atoms with Crippen LogP contribution in [-0.4, -0.2) is 46.4 Å². The number of ether oxygens (including phenoxy) is 4. The fourth-order valence-electron chi connectivity index (χ4n) is 3.78. The van der Waals surface area contributed by atoms with Crippen LogP contribution in [0.5, 0.6) is 17.4 Å². The van der Waals surface area contributed by atoms with E-state index in [9.17, 15) is 26.4 Å². The van der Waals surface area contributed by atoms with Crippen LogP contribution in [0.25, 0.3) is 0 Å². The molecule has 15 heteroatoms. The van der Waals surface area contributed by atoms with Gasteiger partial charge in [0.25, 0.3) is 0 Å². The maximum absolute atomic E-state index is 13.0. The summed E-state index contributed by atoms with van der Waals surface area (Å²) in [4.78, 5) is 15.9. The molecule has 1 aromatic carbocycles. The maximum Gasteiger partial charge on any atom is 0.422 e. The van der Waals surface area contributed by atoms with Gasteiger partial charge in [-0.3, -0.25) is 0 Å². The number of carbonyl (C=O) groups excluding carboxylic acids is 1. The molecule has 39 heavy (non-hydrogen) atoms. The Morgan fingerprint density at radius 2 is 1.90 bits per heavy atom. The highest BCUT2D eigenvalue weighted by Gasteiger charge is 2.32. The molecule has 0 unspecified atom stereocenters. The molecular formula is C24H29ClF3N3O7S. The number of nitrogens with one attached hydrogen (secondary N) is 2. The van der Waals surface area contributed by atoms with E-state index in [1.54, 1.807) is 4.72 Å². The van der Waals surface area contributed by atoms with Gasteiger partial charge in [0.05, 0.1) is 12.2 Å². The minimum absolute atomic E-state index is 0.00477. The number of pyridine rings is 1. The SMILES string of the molecule is COCCOc1ccc(COC(=O)NS(=O)(=O)NCC2CCCCC2)c(Oc2ncc(C(F)(F)F)cc2Cl)c1. The van der Waals surface area contributed by atoms with E-state index >= 15 is 0 Å². The van der Waals surface area contributed by atoms with Crippen LogP contribution in [0.2, 0.25) is 5.02 Å². The van der Waals surface area contributed by atoms with E-state index in [1.807, 2.05) is 0 Å². The monoisotopic (exact) mass is 595 g/mol. The summed E-state index contributed by atoms with van der Waals surface area (Å²) in [5.41, 5.74) is -0.829. The van der Waals surface area contributed by atoms with Crippen LogP contribution in [0, 0.1) is 5.92 Å². The highest BCUT2D eigenvalue weighted by atomic mass is 35.5. The maximum atomic E-state index is 13.0. The first-order valence-corrected chi connectivity index (χ1v) is 13.9. The number of nitrogens with zero attached hydrogens (tertiary/aromatic N) is 1. The van der Waals surface area contributed by atoms with Gasteiger partial charge in [-0.15, -0.1) is 0 Å². The van der Waals surface area contributed by atoms with E-state index in [0.29, 0.717) is 18.0 Å². The number of alkyl halides is 3. The van der Waals surface area contributed by atoms with Crippen LogP contribution in [0.1, 0.15) is 43.2 Å². The predicted molar refractivity (Wildman–Crippen MR) is 135 cm³/mol. The molecule has 0 atom stereocenters. The molecule has 2 N–H and O–H groups in total. The zero-order valence-corrected chi connectivity index (χ0v) is 22.6. The van der Waals surface area contributed by atoms with Gasteiger partial charge in [0.1, 0.15) is 29.7 Å². The Kier molecular flexibility index (Phi) is 11.0. The molecule has 1 fully saturated rings. The largest absolute Gasteiger partial charge is 0.491 e. The van der Waals surface area contributed by atoms with Crippen molar-refractivity contribution in [2.75, 3.05) is 26.9 Å². The van der Waals surface area contributed by atoms with Crippen LogP contribution >= 0.6 is 11.6 Å². The van der Waals surface area contributed by atoms with Gasteiger partial charge >= 0.3 is 22.5 Å². The topological polar surface area (TPSA) is 125 Å². The fraction of sp³-hybridized carbons (Fsp3) is 0.500. The highest BCUT2D eigenvalue weighted by Crippen LogP contribution is 2.36. The summed E-state index contributed by atoms with van der Waals surface area (Å²) in [6.07, 6.45) is -0.288. The summed E-state index contributed by atoms with van der Waals surface area (Å²) in [6, 6.07) is 5.06. The second-order valence-electron chi connectivity index (χ2n) is 8.76. The Labute approximate surface area is 229 Å². The first kappa shape index (κ1) is 30.7. The quantitative estimate of drug-likeness (QED) is 0.320. The van der Waals surface area contributed by atoms with Crippen LogP contribution in [-0.2, 0) is 32.5 Å². The van der Waals surface area contributed by atoms with E-state index in [4.69, 9.17) is 30.5 Å². The minimum Gasteiger partial charge on any atom is -0.491 e. The van der Waals surface area contributed by atoms with Crippen molar-refractivity contribution in [3.8, 4) is 17.4 Å². The smallest absolute Gasteiger partial charge is 0.422 e. The molecule has 0 saturated heterocycles. The Bertz CT molecular complexity index is 1230. The third kappa shape index (κ3) is 10.0. The molecule has 1 amide bonds. The van der Waals surface area contributed by atoms with Crippen molar-refractivity contribution in [2.45, 2.75) is 44.9 Å². The molecule has 0 radical (unpaired) electrons. The van der Waals surface area contributed by atoms with Gasteiger partial charge in [0.15, 0.2) is 0 Å². The average molecular weight is 596 g/mol. The van der Waals surface area contributed by atoms with Gasteiger partial charge < -0.3 is 18.9 Å². The lowest BCUT2D eigenvalue weighted by molar-refractivity contribution is -0.137. The Morgan fingerprint density at radius 3 is 2.56 bits per heavy atom. The number of hydrogen-bond acceptors (Lipinski definition) is 8. The molecule has 0 bridgehead atoms. The summed E-state index contributed by atoms with van der Waals surface area (Å²) >= 11 is 5.96. The molecule has 2 aromatic rings. The number of benzene rings is 1. The Hall–Kier alpha value is -2.81. The van der Waals surface area contributed by atoms with E-state index in [0.717, 1.165) is 32.1 Å². The van der Waals surface area contributed by atoms with E-state index in [1.165, 1.54) is 25.3 Å². The van der Waals surface area contributed by atoms with Gasteiger partial charge in [-0.2, -0.15) is 26.3 Å². The summed E-state index contributed by atoms with van der Waals surface area (Å²) in [5, 5.41) is -0.407. The van der Waals surface area contributed by atoms with E-state index < -0.39 is 39.7 Å². The van der Waals surface area contributed by atoms with Crippen molar-refractivity contribution >= 4 is 27.9 Å². The first-order valence-electron chi connectivity index (χ1n) is 12.1. The number of rotatable bonds is 12. The normalized spacial score (nSPS) is 14.6. The fourth-order valence-corrected chi connectivity index (χ4v) is 4.79. The number of methoxy groups -OCH3 is 1. The molecule has 216 valence electrons. The van der Waals surface area contributed by atoms with Crippen molar-refractivity contribution in [2.24, 2.45) is 5.92 Å². The number of amides is 1. The molecule has 0 aliphatic heterocycles. The van der Waals surface area contributed by atoms with Crippen molar-refractivity contribution in [3.05, 3.63) is 46.6 Å². The van der Waals surface area contributed by atoms with Crippen LogP contribution in [0.3, 0.4) is 0 Å². The van der Waals surface area contributed by atoms with Crippen LogP contribution in [0.15, 0.2) is 30.5 Å². The highest BCUT2D eigenvalue weighted by molar-refractivity contribution is 7.88. The van der Waals surface area contributed by atoms with E-state index in [2.05, 4.69) is 9.71 Å². The minimum atomic E-state index is -4.65. The molecule has 1 saturated carbocycles. The number of halogens is 4. The summed E-state index contributed by atoms with van der Waals surface area (Å²) in [6.45, 7) is 0.248. The second kappa shape index (κ2) is 14.0. The summed E-state index contributed by atoms with van der Waals surface area (Å²) < 4.78 is 88.6. The predicted octanol–water partition coefficient (Wildman–Crippen LogP) is 5.21. The van der Waals surface area contributed by atoms with Crippen molar-refractivity contribution < 1.29 is 45.3 Å². The first-order chi connectivity index (χ1) is 18.5. The Balaban J connectivity index is 1.68. The lowest BCUT2D eigenvalue weighted by Crippen LogP contribution is -2.42. The number of carbonyl (C=O) groups is 1. The summed E-state index contributed by atoms with van der Waals surface area (Å²) in [7, 11) is -2.65. The zero-order chi connectivity index (χ0) is 28.5. The molecule has 1 aliphatic rings. The van der Waals surface area contributed by atoms with Crippen molar-refractivity contribution in [1.29, 1.82) is 0 Å². The third-order valence-corrected chi connectivity index (χ3v) is 7.05. The van der Waals surface area contributed by atoms with E-state index in [-0.39, 0.29) is 42.9 Å². The van der Waals surface area contributed by atoms with Crippen molar-refractivity contribution in [3.63, 3.8) is 0 Å². The second-order valence-corrected chi connectivity index (χ2v) is 10.7. The summed E-state index contributed by atoms with van der Waals surface area (Å²) in [5.74, 6) is 0.193. The number of hydrogen-bond donors (Lipinski definition) is 2. The van der Waals surface area contributed by atoms with Gasteiger partial charge in [-0.1, -0.05) is 30.9 Å². The Morgan fingerprint density at radius 1 is 1.15 bits per heavy atom. The molecule has 1 heterocycles. The van der Waals surface area contributed by atoms with Gasteiger partial charge in [-0.05, 0) is 37.0 Å². The lowest BCUT2D eigenvalue weighted by atomic mass is 9.90. The van der Waals surface area contributed by atoms with Gasteiger partial charge in [0.2, 0.25) is 5.88 Å². The third-order valence-electron chi connectivity index (χ3n) is 5.80.